The van der Waals surface area contributed by atoms with Gasteiger partial charge < -0.3 is 10.6 Å². The lowest BCUT2D eigenvalue weighted by Crippen LogP contribution is -2.18. The Labute approximate surface area is 137 Å². The summed E-state index contributed by atoms with van der Waals surface area (Å²) in [6.07, 6.45) is 0. The number of nitrogens with one attached hydrogen (secondary N) is 2. The number of nitrogens with zero attached hydrogens (tertiary/aromatic N) is 1. The topological polar surface area (TPSA) is 54.0 Å². The van der Waals surface area contributed by atoms with Gasteiger partial charge in [-0.15, -0.1) is 0 Å². The van der Waals surface area contributed by atoms with Crippen LogP contribution in [-0.2, 0) is 6.54 Å². The number of carbonyl (C=O) groups excluding carboxylic acids is 1. The third kappa shape index (κ3) is 2.91. The van der Waals surface area contributed by atoms with E-state index in [2.05, 4.69) is 27.1 Å². The molecule has 2 aromatic carbocycles. The first-order valence-corrected chi connectivity index (χ1v) is 7.93. The number of rotatable bonds is 4. The lowest BCUT2D eigenvalue weighted by Gasteiger charge is -2.08. The molecule has 0 unspecified atom stereocenters. The molecule has 6 heteroatoms. The van der Waals surface area contributed by atoms with E-state index in [-0.39, 0.29) is 5.91 Å². The van der Waals surface area contributed by atoms with Crippen molar-refractivity contribution in [1.29, 1.82) is 0 Å². The van der Waals surface area contributed by atoms with Crippen LogP contribution in [0.5, 0.6) is 0 Å². The Morgan fingerprint density at radius 2 is 2.09 bits per heavy atom. The number of amides is 1. The Balaban J connectivity index is 1.77. The highest BCUT2D eigenvalue weighted by Gasteiger charge is 2.10. The van der Waals surface area contributed by atoms with Gasteiger partial charge in [0.2, 0.25) is 0 Å². The highest BCUT2D eigenvalue weighted by Crippen LogP contribution is 2.24. The zero-order valence-electron chi connectivity index (χ0n) is 11.9. The maximum absolute atomic E-state index is 11.6. The summed E-state index contributed by atoms with van der Waals surface area (Å²) in [6, 6.07) is 13.4. The molecule has 0 aliphatic carbocycles. The average molecular weight is 332 g/mol. The standard InChI is InChI=1S/C16H14ClN3OS/c1-18-16(21)11-7-6-10(8-13(11)17)19-9-14-12-4-2-3-5-15(12)22-20-14/h2-8,19H,9H2,1H3,(H,18,21). The monoisotopic (exact) mass is 331 g/mol. The van der Waals surface area contributed by atoms with E-state index in [4.69, 9.17) is 11.6 Å². The first-order valence-electron chi connectivity index (χ1n) is 6.78. The van der Waals surface area contributed by atoms with Gasteiger partial charge in [-0.05, 0) is 35.8 Å². The van der Waals surface area contributed by atoms with E-state index in [1.807, 2.05) is 18.2 Å². The van der Waals surface area contributed by atoms with E-state index >= 15 is 0 Å². The van der Waals surface area contributed by atoms with Crippen LogP contribution in [0.2, 0.25) is 5.02 Å². The Morgan fingerprint density at radius 1 is 1.27 bits per heavy atom. The van der Waals surface area contributed by atoms with Crippen molar-refractivity contribution in [3.05, 3.63) is 58.7 Å². The summed E-state index contributed by atoms with van der Waals surface area (Å²) in [6.45, 7) is 0.611. The van der Waals surface area contributed by atoms with Crippen molar-refractivity contribution in [2.75, 3.05) is 12.4 Å². The fourth-order valence-corrected chi connectivity index (χ4v) is 3.26. The van der Waals surface area contributed by atoms with Crippen molar-refractivity contribution in [2.45, 2.75) is 6.54 Å². The van der Waals surface area contributed by atoms with Crippen LogP contribution in [0, 0.1) is 0 Å². The molecule has 3 aromatic rings. The Morgan fingerprint density at radius 3 is 2.86 bits per heavy atom. The molecule has 0 radical (unpaired) electrons. The summed E-state index contributed by atoms with van der Waals surface area (Å²) in [4.78, 5) is 11.6. The zero-order valence-corrected chi connectivity index (χ0v) is 13.5. The van der Waals surface area contributed by atoms with Crippen molar-refractivity contribution in [3.8, 4) is 0 Å². The maximum atomic E-state index is 11.6. The van der Waals surface area contributed by atoms with Crippen molar-refractivity contribution < 1.29 is 4.79 Å². The van der Waals surface area contributed by atoms with Crippen LogP contribution in [0.1, 0.15) is 16.1 Å². The third-order valence-electron chi connectivity index (χ3n) is 3.35. The van der Waals surface area contributed by atoms with Gasteiger partial charge in [0.15, 0.2) is 0 Å². The highest BCUT2D eigenvalue weighted by atomic mass is 35.5. The molecular formula is C16H14ClN3OS. The van der Waals surface area contributed by atoms with Crippen molar-refractivity contribution in [2.24, 2.45) is 0 Å². The van der Waals surface area contributed by atoms with Crippen LogP contribution >= 0.6 is 23.1 Å². The van der Waals surface area contributed by atoms with E-state index in [1.165, 1.54) is 16.2 Å². The predicted octanol–water partition coefficient (Wildman–Crippen LogP) is 3.92. The molecule has 0 fully saturated rings. The predicted molar refractivity (Wildman–Crippen MR) is 91.8 cm³/mol. The second kappa shape index (κ2) is 6.34. The molecule has 2 N–H and O–H groups in total. The number of benzene rings is 2. The molecule has 1 amide bonds. The zero-order chi connectivity index (χ0) is 15.5. The Bertz CT molecular complexity index is 831. The fourth-order valence-electron chi connectivity index (χ4n) is 2.20. The second-order valence-corrected chi connectivity index (χ2v) is 5.96. The summed E-state index contributed by atoms with van der Waals surface area (Å²) in [5.74, 6) is -0.193. The molecule has 0 atom stereocenters. The number of aromatic nitrogens is 1. The Hall–Kier alpha value is -2.11. The fraction of sp³-hybridized carbons (Fsp3) is 0.125. The van der Waals surface area contributed by atoms with Gasteiger partial charge in [0.05, 0.1) is 27.5 Å². The number of anilines is 1. The largest absolute Gasteiger partial charge is 0.379 e. The average Bonchev–Trinajstić information content (AvgIpc) is 2.95. The quantitative estimate of drug-likeness (QED) is 0.761. The summed E-state index contributed by atoms with van der Waals surface area (Å²) < 4.78 is 5.65. The number of hydrogen-bond acceptors (Lipinski definition) is 4. The molecular weight excluding hydrogens is 318 g/mol. The van der Waals surface area contributed by atoms with Gasteiger partial charge in [-0.3, -0.25) is 4.79 Å². The molecule has 0 aliphatic rings. The molecule has 0 saturated heterocycles. The molecule has 0 bridgehead atoms. The molecule has 22 heavy (non-hydrogen) atoms. The number of halogens is 1. The van der Waals surface area contributed by atoms with E-state index in [0.29, 0.717) is 17.1 Å². The van der Waals surface area contributed by atoms with Crippen molar-refractivity contribution in [1.82, 2.24) is 9.69 Å². The van der Waals surface area contributed by atoms with Gasteiger partial charge in [-0.1, -0.05) is 29.8 Å². The van der Waals surface area contributed by atoms with E-state index in [9.17, 15) is 4.79 Å². The Kier molecular flexibility index (Phi) is 4.27. The van der Waals surface area contributed by atoms with Gasteiger partial charge in [-0.2, -0.15) is 4.37 Å². The summed E-state index contributed by atoms with van der Waals surface area (Å²) in [7, 11) is 1.58. The summed E-state index contributed by atoms with van der Waals surface area (Å²) >= 11 is 7.64. The molecule has 1 aromatic heterocycles. The lowest BCUT2D eigenvalue weighted by atomic mass is 10.2. The SMILES string of the molecule is CNC(=O)c1ccc(NCc2nsc3ccccc23)cc1Cl. The molecule has 0 aliphatic heterocycles. The van der Waals surface area contributed by atoms with Crippen LogP contribution in [0.4, 0.5) is 5.69 Å². The maximum Gasteiger partial charge on any atom is 0.252 e. The molecule has 0 saturated carbocycles. The van der Waals surface area contributed by atoms with E-state index in [1.54, 1.807) is 19.2 Å². The van der Waals surface area contributed by atoms with Crippen LogP contribution in [0.15, 0.2) is 42.5 Å². The number of fused-ring (bicyclic) bond motifs is 1. The first kappa shape index (κ1) is 14.8. The smallest absolute Gasteiger partial charge is 0.252 e. The van der Waals surface area contributed by atoms with Crippen LogP contribution in [-0.4, -0.2) is 17.3 Å². The van der Waals surface area contributed by atoms with E-state index in [0.717, 1.165) is 16.8 Å². The minimum atomic E-state index is -0.193. The van der Waals surface area contributed by atoms with Gasteiger partial charge in [0, 0.05) is 18.1 Å². The minimum Gasteiger partial charge on any atom is -0.379 e. The molecule has 112 valence electrons. The highest BCUT2D eigenvalue weighted by molar-refractivity contribution is 7.13. The minimum absolute atomic E-state index is 0.193. The van der Waals surface area contributed by atoms with Gasteiger partial charge in [-0.25, -0.2) is 0 Å². The first-order chi connectivity index (χ1) is 10.7. The number of carbonyl (C=O) groups is 1. The molecule has 1 heterocycles. The third-order valence-corrected chi connectivity index (χ3v) is 4.53. The number of hydrogen-bond donors (Lipinski definition) is 2. The van der Waals surface area contributed by atoms with Crippen LogP contribution in [0.3, 0.4) is 0 Å². The molecule has 3 rings (SSSR count). The van der Waals surface area contributed by atoms with Crippen molar-refractivity contribution in [3.63, 3.8) is 0 Å². The van der Waals surface area contributed by atoms with Crippen LogP contribution < -0.4 is 10.6 Å². The normalized spacial score (nSPS) is 10.6. The summed E-state index contributed by atoms with van der Waals surface area (Å²) in [5, 5.41) is 7.44. The van der Waals surface area contributed by atoms with Gasteiger partial charge >= 0.3 is 0 Å². The lowest BCUT2D eigenvalue weighted by molar-refractivity contribution is 0.0963. The molecule has 4 nitrogen and oxygen atoms in total. The van der Waals surface area contributed by atoms with Gasteiger partial charge in [0.1, 0.15) is 0 Å². The van der Waals surface area contributed by atoms with Crippen LogP contribution in [0.25, 0.3) is 10.1 Å². The van der Waals surface area contributed by atoms with Gasteiger partial charge in [0.25, 0.3) is 5.91 Å². The summed E-state index contributed by atoms with van der Waals surface area (Å²) in [5.41, 5.74) is 2.33. The second-order valence-electron chi connectivity index (χ2n) is 4.75. The van der Waals surface area contributed by atoms with E-state index < -0.39 is 0 Å². The molecule has 0 spiro atoms. The van der Waals surface area contributed by atoms with Crippen molar-refractivity contribution >= 4 is 44.8 Å².